The fraction of sp³-hybridized carbons (Fsp3) is 0.222. The van der Waals surface area contributed by atoms with Crippen molar-refractivity contribution < 1.29 is 43.8 Å². The zero-order valence-electron chi connectivity index (χ0n) is 19.9. The summed E-state index contributed by atoms with van der Waals surface area (Å²) in [6.45, 7) is 31.6. The number of nitrogens with zero attached hydrogens (tertiary/aromatic N) is 1. The monoisotopic (exact) mass is 511 g/mol. The van der Waals surface area contributed by atoms with Crippen LogP contribution in [-0.2, 0) is 43.8 Å². The van der Waals surface area contributed by atoms with E-state index in [1.54, 1.807) is 0 Å². The Bertz CT molecular complexity index is 903. The van der Waals surface area contributed by atoms with E-state index in [1.807, 2.05) is 49.4 Å². The topological polar surface area (TPSA) is 121 Å². The van der Waals surface area contributed by atoms with E-state index in [0.29, 0.717) is 6.61 Å². The number of allylic oxidation sites excluding steroid dienone is 1. The molecule has 0 atom stereocenters. The fourth-order valence-electron chi connectivity index (χ4n) is 2.32. The summed E-state index contributed by atoms with van der Waals surface area (Å²) in [6, 6.07) is 20.6. The van der Waals surface area contributed by atoms with E-state index in [4.69, 9.17) is 33.0 Å². The van der Waals surface area contributed by atoms with Crippen LogP contribution < -0.4 is 0 Å². The molecule has 2 rings (SSSR count). The average molecular weight is 511 g/mol. The molecule has 2 aromatic carbocycles. The summed E-state index contributed by atoms with van der Waals surface area (Å²) in [7, 11) is 0. The minimum absolute atomic E-state index is 0.110. The molecule has 0 fully saturated rings. The Morgan fingerprint density at radius 3 is 1.40 bits per heavy atom. The van der Waals surface area contributed by atoms with E-state index >= 15 is 0 Å². The van der Waals surface area contributed by atoms with Gasteiger partial charge in [0.25, 0.3) is 0 Å². The summed E-state index contributed by atoms with van der Waals surface area (Å²) < 4.78 is 43.8. The van der Waals surface area contributed by atoms with Gasteiger partial charge in [-0.25, -0.2) is 0 Å². The van der Waals surface area contributed by atoms with Crippen LogP contribution in [0.1, 0.15) is 38.8 Å². The van der Waals surface area contributed by atoms with Gasteiger partial charge in [-0.05, 0) is 0 Å². The molecule has 0 unspecified atom stereocenters. The van der Waals surface area contributed by atoms with E-state index in [0.717, 1.165) is 27.1 Å². The molecule has 35 heavy (non-hydrogen) atoms. The van der Waals surface area contributed by atoms with Crippen LogP contribution in [0.25, 0.3) is 0 Å². The number of rotatable bonds is 6. The van der Waals surface area contributed by atoms with Crippen LogP contribution in [0, 0.1) is 38.7 Å². The zero-order chi connectivity index (χ0) is 28.3. The van der Waals surface area contributed by atoms with Crippen LogP contribution >= 0.6 is 0 Å². The Balaban J connectivity index is -0.000000426. The molecule has 8 heteroatoms. The number of benzene rings is 2. The molecule has 0 aliphatic carbocycles. The molecule has 0 N–H and O–H groups in total. The van der Waals surface area contributed by atoms with Gasteiger partial charge in [-0.1, -0.05) is 0 Å². The van der Waals surface area contributed by atoms with Crippen molar-refractivity contribution in [3.05, 3.63) is 117 Å². The van der Waals surface area contributed by atoms with Gasteiger partial charge in [0.2, 0.25) is 0 Å². The van der Waals surface area contributed by atoms with Gasteiger partial charge < -0.3 is 0 Å². The molecule has 0 aromatic heterocycles. The van der Waals surface area contributed by atoms with Gasteiger partial charge in [-0.3, -0.25) is 0 Å². The van der Waals surface area contributed by atoms with Gasteiger partial charge in [0.05, 0.1) is 0 Å². The van der Waals surface area contributed by atoms with Gasteiger partial charge in [-0.15, -0.1) is 0 Å². The Kier molecular flexibility index (Phi) is 30.4. The average Bonchev–Trinajstić information content (AvgIpc) is 2.93. The van der Waals surface area contributed by atoms with Crippen LogP contribution in [0.5, 0.6) is 0 Å². The molecule has 0 spiro atoms. The second-order valence-electron chi connectivity index (χ2n) is 6.72. The zero-order valence-corrected chi connectivity index (χ0v) is 21.1. The third-order valence-electron chi connectivity index (χ3n) is 3.64. The maximum atomic E-state index is 7.50. The second kappa shape index (κ2) is 27.2. The van der Waals surface area contributed by atoms with E-state index in [9.17, 15) is 0 Å². The summed E-state index contributed by atoms with van der Waals surface area (Å²) in [4.78, 5) is 5.07. The number of hydrogen-bond donors (Lipinski definition) is 0. The molecule has 0 amide bonds. The van der Waals surface area contributed by atoms with Crippen molar-refractivity contribution >= 4 is 10.3 Å². The number of hydrogen-bond acceptors (Lipinski definition) is 2. The van der Waals surface area contributed by atoms with Crippen molar-refractivity contribution in [3.8, 4) is 0 Å². The first-order valence-corrected chi connectivity index (χ1v) is 10.2. The van der Waals surface area contributed by atoms with E-state index in [-0.39, 0.29) is 5.41 Å². The molecule has 0 heterocycles. The molecule has 0 radical (unpaired) electrons. The van der Waals surface area contributed by atoms with Crippen molar-refractivity contribution in [2.45, 2.75) is 27.7 Å². The van der Waals surface area contributed by atoms with Crippen molar-refractivity contribution in [1.29, 1.82) is 0 Å². The van der Waals surface area contributed by atoms with Gasteiger partial charge in [0.1, 0.15) is 0 Å². The number of ether oxygens (including phenoxy) is 1. The van der Waals surface area contributed by atoms with Gasteiger partial charge in [-0.2, -0.15) is 0 Å². The first-order chi connectivity index (χ1) is 16.9. The molecule has 2 aromatic rings. The maximum absolute atomic E-state index is 7.50. The van der Waals surface area contributed by atoms with E-state index in [2.05, 4.69) is 94.1 Å². The Labute approximate surface area is 215 Å². The summed E-state index contributed by atoms with van der Waals surface area (Å²) in [5, 5.41) is 0. The molecule has 180 valence electrons. The Hall–Kier alpha value is -3.09. The predicted octanol–water partition coefficient (Wildman–Crippen LogP) is 4.98. The summed E-state index contributed by atoms with van der Waals surface area (Å²) in [5.41, 5.74) is 4.02. The molecule has 0 saturated carbocycles. The third kappa shape index (κ3) is 18.0. The van der Waals surface area contributed by atoms with Gasteiger partial charge in [0.15, 0.2) is 0 Å². The van der Waals surface area contributed by atoms with Crippen LogP contribution in [0.3, 0.4) is 0 Å². The minimum atomic E-state index is -0.110. The van der Waals surface area contributed by atoms with E-state index < -0.39 is 0 Å². The van der Waals surface area contributed by atoms with Crippen molar-refractivity contribution in [1.82, 2.24) is 0 Å². The van der Waals surface area contributed by atoms with Crippen LogP contribution in [0.4, 0.5) is 0 Å². The quantitative estimate of drug-likeness (QED) is 0.303. The second-order valence-corrected chi connectivity index (χ2v) is 7.35. The third-order valence-corrected chi connectivity index (χ3v) is 4.00. The number of aliphatic imine (C=N–C) groups is 1. The first kappa shape index (κ1) is 39.1. The van der Waals surface area contributed by atoms with E-state index in [1.165, 1.54) is 0 Å². The summed E-state index contributed by atoms with van der Waals surface area (Å²) >= 11 is 2.98. The Morgan fingerprint density at radius 2 is 1.11 bits per heavy atom. The normalized spacial score (nSPS) is 8.80. The van der Waals surface area contributed by atoms with Gasteiger partial charge in [0, 0.05) is 0 Å². The first-order valence-electron chi connectivity index (χ1n) is 9.52. The van der Waals surface area contributed by atoms with Crippen LogP contribution in [0.15, 0.2) is 77.4 Å². The van der Waals surface area contributed by atoms with Gasteiger partial charge >= 0.3 is 216 Å². The molecule has 0 aliphatic rings. The summed E-state index contributed by atoms with van der Waals surface area (Å²) in [5.74, 6) is 0. The van der Waals surface area contributed by atoms with Crippen LogP contribution in [-0.4, -0.2) is 16.9 Å². The molecular weight excluding hydrogens is 486 g/mol. The molecule has 0 aliphatic heterocycles. The fourth-order valence-corrected chi connectivity index (χ4v) is 2.68. The van der Waals surface area contributed by atoms with Crippen LogP contribution in [0.2, 0.25) is 0 Å². The summed E-state index contributed by atoms with van der Waals surface area (Å²) in [6.07, 6.45) is 2.00. The Morgan fingerprint density at radius 1 is 0.771 bits per heavy atom. The van der Waals surface area contributed by atoms with Crippen molar-refractivity contribution in [3.63, 3.8) is 0 Å². The molecular formula is C27H25CrNO6. The molecule has 7 nitrogen and oxygen atoms in total. The standard InChI is InChI=1S/C22H25NO.5CO.Cr/c1-5-24-17-16-20(22(2,3)4)23-21(18-12-8-6-9-13-18)19-14-10-7-11-15-19;5*1-2;/h6-16H,5H2,1-4H3;;;;;;/b20-16-;;;;;;. The SMILES string of the molecule is CCO[C](=[Cr])/C=C(\N=C(c1ccccc1)c1ccccc1)C(C)(C)C.[C-]#[O+].[C-]#[O+].[C-]#[O+].[C-]#[O+].[C-]#[O+]. The molecule has 0 bridgehead atoms. The molecule has 0 saturated heterocycles. The van der Waals surface area contributed by atoms with Crippen molar-refractivity contribution in [2.75, 3.05) is 6.61 Å². The predicted molar refractivity (Wildman–Crippen MR) is 122 cm³/mol. The van der Waals surface area contributed by atoms with Crippen molar-refractivity contribution in [2.24, 2.45) is 10.4 Å².